The smallest absolute Gasteiger partial charge is 0.0782 e. The van der Waals surface area contributed by atoms with Gasteiger partial charge >= 0.3 is 0 Å². The monoisotopic (exact) mass is 780 g/mol. The maximum absolute atomic E-state index is 2.88. The minimum atomic E-state index is 1.23. The molecule has 0 amide bonds. The van der Waals surface area contributed by atoms with Crippen LogP contribution in [0.15, 0.2) is 0 Å². The maximum Gasteiger partial charge on any atom is 0.0782 e. The van der Waals surface area contributed by atoms with Gasteiger partial charge in [-0.1, -0.05) is 136 Å². The van der Waals surface area contributed by atoms with Crippen molar-refractivity contribution in [1.82, 2.24) is 4.90 Å². The third-order valence-electron chi connectivity index (χ3n) is 13.1. The summed E-state index contributed by atoms with van der Waals surface area (Å²) in [7, 11) is 14.9. The van der Waals surface area contributed by atoms with Crippen molar-refractivity contribution in [3.8, 4) is 0 Å². The minimum Gasteiger partial charge on any atom is -0.328 e. The van der Waals surface area contributed by atoms with E-state index in [0.29, 0.717) is 0 Å². The molecule has 332 valence electrons. The van der Waals surface area contributed by atoms with Gasteiger partial charge in [0.1, 0.15) is 0 Å². The Morgan fingerprint density at radius 2 is 0.382 bits per heavy atom. The van der Waals surface area contributed by atoms with E-state index < -0.39 is 0 Å². The predicted molar refractivity (Wildman–Crippen MR) is 251 cm³/mol. The Morgan fingerprint density at radius 1 is 0.218 bits per heavy atom. The molecule has 0 heterocycles. The largest absolute Gasteiger partial charge is 0.328 e. The molecule has 0 saturated carbocycles. The lowest BCUT2D eigenvalue weighted by molar-refractivity contribution is -0.890. The summed E-state index contributed by atoms with van der Waals surface area (Å²) < 4.78 is 3.68. The first-order valence-electron chi connectivity index (χ1n) is 25.7. The standard InChI is InChI=1S/C51H111N4/c1-10-13-16-19-22-28-37-46-53(4,5)49-40-31-25-34-43-52(44-35-26-32-41-50-54(6,7)47-38-29-23-20-17-14-11-2)45-36-27-33-42-51-55(8,9)48-39-30-24-21-18-15-12-3/h10-51H2,1-9H3/q+3. The van der Waals surface area contributed by atoms with E-state index in [1.54, 1.807) is 0 Å². The van der Waals surface area contributed by atoms with Crippen LogP contribution in [0.25, 0.3) is 0 Å². The van der Waals surface area contributed by atoms with E-state index in [1.165, 1.54) is 284 Å². The van der Waals surface area contributed by atoms with Crippen LogP contribution in [-0.2, 0) is 0 Å². The zero-order valence-corrected chi connectivity index (χ0v) is 40.5. The number of hydrogen-bond acceptors (Lipinski definition) is 1. The second kappa shape index (κ2) is 38.1. The molecule has 4 heteroatoms. The van der Waals surface area contributed by atoms with E-state index in [-0.39, 0.29) is 0 Å². The van der Waals surface area contributed by atoms with E-state index in [1.807, 2.05) is 0 Å². The highest BCUT2D eigenvalue weighted by molar-refractivity contribution is 4.61. The maximum atomic E-state index is 2.88. The average molecular weight is 780 g/mol. The van der Waals surface area contributed by atoms with Crippen molar-refractivity contribution in [3.63, 3.8) is 0 Å². The Labute approximate surface area is 351 Å². The van der Waals surface area contributed by atoms with Crippen molar-refractivity contribution in [2.24, 2.45) is 0 Å². The molecule has 0 radical (unpaired) electrons. The number of nitrogens with zero attached hydrogens (tertiary/aromatic N) is 4. The normalized spacial score (nSPS) is 12.8. The molecule has 0 spiro atoms. The van der Waals surface area contributed by atoms with Crippen molar-refractivity contribution in [3.05, 3.63) is 0 Å². The molecule has 0 atom stereocenters. The number of hydrogen-bond donors (Lipinski definition) is 0. The Hall–Kier alpha value is -0.160. The van der Waals surface area contributed by atoms with E-state index in [4.69, 9.17) is 0 Å². The number of quaternary nitrogens is 3. The predicted octanol–water partition coefficient (Wildman–Crippen LogP) is 14.5. The summed E-state index contributed by atoms with van der Waals surface area (Å²) in [6, 6.07) is 0. The van der Waals surface area contributed by atoms with E-state index >= 15 is 0 Å². The van der Waals surface area contributed by atoms with Crippen molar-refractivity contribution < 1.29 is 13.4 Å². The summed E-state index contributed by atoms with van der Waals surface area (Å²) in [5.74, 6) is 0. The molecule has 4 nitrogen and oxygen atoms in total. The molecular weight excluding hydrogens is 669 g/mol. The van der Waals surface area contributed by atoms with Crippen LogP contribution in [-0.4, -0.2) is 120 Å². The molecule has 0 aliphatic rings. The van der Waals surface area contributed by atoms with Crippen LogP contribution < -0.4 is 0 Å². The first kappa shape index (κ1) is 54.8. The second-order valence-electron chi connectivity index (χ2n) is 20.6. The zero-order valence-electron chi connectivity index (χ0n) is 40.5. The summed E-state index contributed by atoms with van der Waals surface area (Å²) in [6.45, 7) is 19.2. The van der Waals surface area contributed by atoms with Gasteiger partial charge < -0.3 is 18.3 Å². The van der Waals surface area contributed by atoms with Gasteiger partial charge in [0, 0.05) is 0 Å². The van der Waals surface area contributed by atoms with Crippen LogP contribution in [0.5, 0.6) is 0 Å². The molecule has 0 rings (SSSR count). The van der Waals surface area contributed by atoms with Gasteiger partial charge in [-0.25, -0.2) is 0 Å². The molecule has 0 N–H and O–H groups in total. The van der Waals surface area contributed by atoms with Crippen LogP contribution in [0.3, 0.4) is 0 Å². The fourth-order valence-corrected chi connectivity index (χ4v) is 8.85. The molecule has 0 fully saturated rings. The summed E-state index contributed by atoms with van der Waals surface area (Å²) in [4.78, 5) is 2.88. The fraction of sp³-hybridized carbons (Fsp3) is 1.00. The van der Waals surface area contributed by atoms with E-state index in [0.717, 1.165) is 0 Å². The minimum absolute atomic E-state index is 1.23. The van der Waals surface area contributed by atoms with Gasteiger partial charge in [0.25, 0.3) is 0 Å². The highest BCUT2D eigenvalue weighted by atomic mass is 15.3. The highest BCUT2D eigenvalue weighted by Crippen LogP contribution is 2.15. The van der Waals surface area contributed by atoms with Gasteiger partial charge in [-0.2, -0.15) is 0 Å². The van der Waals surface area contributed by atoms with E-state index in [2.05, 4.69) is 68.0 Å². The average Bonchev–Trinajstić information content (AvgIpc) is 3.14. The van der Waals surface area contributed by atoms with Gasteiger partial charge in [0.2, 0.25) is 0 Å². The van der Waals surface area contributed by atoms with Crippen LogP contribution in [0.4, 0.5) is 0 Å². The van der Waals surface area contributed by atoms with Gasteiger partial charge in [-0.05, 0) is 116 Å². The van der Waals surface area contributed by atoms with Crippen molar-refractivity contribution in [1.29, 1.82) is 0 Å². The molecular formula is C51H111N4+3. The van der Waals surface area contributed by atoms with E-state index in [9.17, 15) is 0 Å². The van der Waals surface area contributed by atoms with Crippen LogP contribution in [0.1, 0.15) is 233 Å². The van der Waals surface area contributed by atoms with Crippen LogP contribution >= 0.6 is 0 Å². The summed E-state index contributed by atoms with van der Waals surface area (Å²) >= 11 is 0. The lowest BCUT2D eigenvalue weighted by atomic mass is 10.1. The Kier molecular flexibility index (Phi) is 38.0. The molecule has 0 saturated heterocycles. The lowest BCUT2D eigenvalue weighted by Gasteiger charge is -2.30. The first-order valence-corrected chi connectivity index (χ1v) is 25.7. The molecule has 0 aromatic rings. The first-order chi connectivity index (χ1) is 26.5. The topological polar surface area (TPSA) is 3.24 Å². The SMILES string of the molecule is CCCCCCCCC[N+](C)(C)CCCCCCN(CCCCCC[N+](C)(C)CCCCCCCCC)CCCCCC[N+](C)(C)CCCCCCCCC. The number of unbranched alkanes of at least 4 members (excludes halogenated alkanes) is 27. The van der Waals surface area contributed by atoms with Gasteiger partial charge in [0.05, 0.1) is 81.6 Å². The summed E-state index contributed by atoms with van der Waals surface area (Å²) in [5, 5.41) is 0. The molecule has 55 heavy (non-hydrogen) atoms. The Balaban J connectivity index is 4.44. The van der Waals surface area contributed by atoms with Gasteiger partial charge in [-0.15, -0.1) is 0 Å². The molecule has 0 bridgehead atoms. The third-order valence-corrected chi connectivity index (χ3v) is 13.1. The molecule has 0 aliphatic heterocycles. The molecule has 0 unspecified atom stereocenters. The molecule has 0 aromatic carbocycles. The highest BCUT2D eigenvalue weighted by Gasteiger charge is 2.16. The zero-order chi connectivity index (χ0) is 40.8. The summed E-state index contributed by atoms with van der Waals surface area (Å²) in [5.41, 5.74) is 0. The summed E-state index contributed by atoms with van der Waals surface area (Å²) in [6.07, 6.45) is 46.9. The van der Waals surface area contributed by atoms with Gasteiger partial charge in [-0.3, -0.25) is 0 Å². The van der Waals surface area contributed by atoms with Crippen molar-refractivity contribution in [2.45, 2.75) is 233 Å². The molecule has 0 aromatic heterocycles. The third kappa shape index (κ3) is 40.4. The number of rotatable bonds is 45. The van der Waals surface area contributed by atoms with Gasteiger partial charge in [0.15, 0.2) is 0 Å². The van der Waals surface area contributed by atoms with Crippen molar-refractivity contribution in [2.75, 3.05) is 101 Å². The quantitative estimate of drug-likeness (QED) is 0.0439. The van der Waals surface area contributed by atoms with Crippen LogP contribution in [0.2, 0.25) is 0 Å². The Morgan fingerprint density at radius 3 is 0.582 bits per heavy atom. The second-order valence-corrected chi connectivity index (χ2v) is 20.6. The van der Waals surface area contributed by atoms with Crippen molar-refractivity contribution >= 4 is 0 Å². The lowest BCUT2D eigenvalue weighted by Crippen LogP contribution is -2.41. The van der Waals surface area contributed by atoms with Crippen LogP contribution in [0, 0.1) is 0 Å². The Bertz CT molecular complexity index is 662. The fourth-order valence-electron chi connectivity index (χ4n) is 8.85. The molecule has 0 aliphatic carbocycles.